The van der Waals surface area contributed by atoms with Crippen molar-refractivity contribution in [2.45, 2.75) is 6.92 Å². The molecule has 2 N–H and O–H groups in total. The van der Waals surface area contributed by atoms with Crippen molar-refractivity contribution in [2.24, 2.45) is 0 Å². The monoisotopic (exact) mass is 259 g/mol. The van der Waals surface area contributed by atoms with E-state index in [2.05, 4.69) is 18.2 Å². The summed E-state index contributed by atoms with van der Waals surface area (Å²) in [6, 6.07) is 16.1. The zero-order valence-corrected chi connectivity index (χ0v) is 11.1. The number of carbonyl (C=O) groups is 1. The first-order valence-electron chi connectivity index (χ1n) is 6.64. The maximum absolute atomic E-state index is 11.8. The first-order valence-corrected chi connectivity index (χ1v) is 6.64. The zero-order chi connectivity index (χ0) is 13.9. The van der Waals surface area contributed by atoms with Crippen LogP contribution in [0.2, 0.25) is 0 Å². The topological polar surface area (TPSA) is 43.1 Å². The number of rotatable bonds is 1. The van der Waals surface area contributed by atoms with Gasteiger partial charge in [0.05, 0.1) is 0 Å². The van der Waals surface area contributed by atoms with E-state index in [1.54, 1.807) is 6.92 Å². The van der Waals surface area contributed by atoms with Gasteiger partial charge in [-0.25, -0.2) is 0 Å². The third kappa shape index (κ3) is 1.31. The molecular formula is C18H13NO. The SMILES string of the molecule is CC(=O)c1ccc2ccc3c(N)ccc4ccc1c2c43. The molecule has 0 unspecified atom stereocenters. The van der Waals surface area contributed by atoms with Gasteiger partial charge in [0.1, 0.15) is 0 Å². The quantitative estimate of drug-likeness (QED) is 0.313. The molecule has 0 atom stereocenters. The van der Waals surface area contributed by atoms with E-state index in [1.165, 1.54) is 0 Å². The summed E-state index contributed by atoms with van der Waals surface area (Å²) in [5, 5.41) is 6.67. The molecule has 0 fully saturated rings. The fourth-order valence-corrected chi connectivity index (χ4v) is 3.13. The van der Waals surface area contributed by atoms with Gasteiger partial charge in [-0.2, -0.15) is 0 Å². The van der Waals surface area contributed by atoms with E-state index in [-0.39, 0.29) is 5.78 Å². The molecule has 0 aromatic heterocycles. The van der Waals surface area contributed by atoms with Crippen molar-refractivity contribution < 1.29 is 4.79 Å². The molecule has 20 heavy (non-hydrogen) atoms. The highest BCUT2D eigenvalue weighted by Crippen LogP contribution is 2.38. The molecule has 0 saturated heterocycles. The molecule has 0 aliphatic rings. The number of anilines is 1. The third-order valence-corrected chi connectivity index (χ3v) is 4.08. The minimum atomic E-state index is 0.0934. The molecule has 96 valence electrons. The Hall–Kier alpha value is -2.61. The van der Waals surface area contributed by atoms with Crippen molar-refractivity contribution in [2.75, 3.05) is 5.73 Å². The van der Waals surface area contributed by atoms with Gasteiger partial charge in [0.25, 0.3) is 0 Å². The summed E-state index contributed by atoms with van der Waals surface area (Å²) in [5.41, 5.74) is 7.65. The third-order valence-electron chi connectivity index (χ3n) is 4.08. The fourth-order valence-electron chi connectivity index (χ4n) is 3.13. The van der Waals surface area contributed by atoms with Gasteiger partial charge in [0.15, 0.2) is 5.78 Å². The van der Waals surface area contributed by atoms with Crippen molar-refractivity contribution in [3.8, 4) is 0 Å². The predicted octanol–water partition coefficient (Wildman–Crippen LogP) is 4.37. The van der Waals surface area contributed by atoms with Crippen LogP contribution in [-0.4, -0.2) is 5.78 Å². The number of benzene rings is 4. The van der Waals surface area contributed by atoms with E-state index in [4.69, 9.17) is 5.73 Å². The Morgan fingerprint density at radius 1 is 0.800 bits per heavy atom. The van der Waals surface area contributed by atoms with Gasteiger partial charge in [-0.15, -0.1) is 0 Å². The van der Waals surface area contributed by atoms with Crippen molar-refractivity contribution in [1.82, 2.24) is 0 Å². The van der Waals surface area contributed by atoms with Gasteiger partial charge < -0.3 is 5.73 Å². The zero-order valence-electron chi connectivity index (χ0n) is 11.1. The fraction of sp³-hybridized carbons (Fsp3) is 0.0556. The molecular weight excluding hydrogens is 246 g/mol. The van der Waals surface area contributed by atoms with Crippen LogP contribution < -0.4 is 5.73 Å². The molecule has 4 rings (SSSR count). The van der Waals surface area contributed by atoms with E-state index < -0.39 is 0 Å². The minimum absolute atomic E-state index is 0.0934. The molecule has 0 spiro atoms. The average molecular weight is 259 g/mol. The second-order valence-electron chi connectivity index (χ2n) is 5.25. The molecule has 0 heterocycles. The van der Waals surface area contributed by atoms with Crippen LogP contribution in [0.1, 0.15) is 17.3 Å². The lowest BCUT2D eigenvalue weighted by molar-refractivity contribution is 0.101. The summed E-state index contributed by atoms with van der Waals surface area (Å²) in [6.45, 7) is 1.61. The molecule has 0 radical (unpaired) electrons. The predicted molar refractivity (Wildman–Crippen MR) is 84.6 cm³/mol. The van der Waals surface area contributed by atoms with Gasteiger partial charge in [0, 0.05) is 16.6 Å². The first kappa shape index (κ1) is 11.2. The van der Waals surface area contributed by atoms with E-state index in [0.717, 1.165) is 43.6 Å². The highest BCUT2D eigenvalue weighted by molar-refractivity contribution is 6.27. The highest BCUT2D eigenvalue weighted by atomic mass is 16.1. The van der Waals surface area contributed by atoms with Crippen molar-refractivity contribution in [1.29, 1.82) is 0 Å². The Morgan fingerprint density at radius 3 is 2.05 bits per heavy atom. The Bertz CT molecular complexity index is 985. The number of ketones is 1. The van der Waals surface area contributed by atoms with Gasteiger partial charge in [-0.05, 0) is 39.9 Å². The molecule has 2 nitrogen and oxygen atoms in total. The molecule has 4 aromatic rings. The molecule has 2 heteroatoms. The Labute approximate surface area is 116 Å². The highest BCUT2D eigenvalue weighted by Gasteiger charge is 2.13. The molecule has 0 saturated carbocycles. The smallest absolute Gasteiger partial charge is 0.160 e. The first-order chi connectivity index (χ1) is 9.66. The van der Waals surface area contributed by atoms with Crippen LogP contribution in [-0.2, 0) is 0 Å². The second kappa shape index (κ2) is 3.70. The van der Waals surface area contributed by atoms with E-state index in [1.807, 2.05) is 30.3 Å². The number of hydrogen-bond donors (Lipinski definition) is 1. The van der Waals surface area contributed by atoms with Gasteiger partial charge in [-0.3, -0.25) is 4.79 Å². The maximum Gasteiger partial charge on any atom is 0.160 e. The Kier molecular flexibility index (Phi) is 2.08. The molecule has 0 aliphatic carbocycles. The number of Topliss-reactive ketones (excluding diaryl/α,β-unsaturated/α-hetero) is 1. The van der Waals surface area contributed by atoms with Crippen LogP contribution in [0.25, 0.3) is 32.3 Å². The second-order valence-corrected chi connectivity index (χ2v) is 5.25. The van der Waals surface area contributed by atoms with Gasteiger partial charge in [0.2, 0.25) is 0 Å². The molecule has 0 bridgehead atoms. The number of carbonyl (C=O) groups excluding carboxylic acids is 1. The van der Waals surface area contributed by atoms with Crippen LogP contribution in [0.15, 0.2) is 48.5 Å². The van der Waals surface area contributed by atoms with Crippen molar-refractivity contribution >= 4 is 43.8 Å². The summed E-state index contributed by atoms with van der Waals surface area (Å²) in [5.74, 6) is 0.0934. The average Bonchev–Trinajstić information content (AvgIpc) is 2.46. The Morgan fingerprint density at radius 2 is 1.35 bits per heavy atom. The summed E-state index contributed by atoms with van der Waals surface area (Å²) >= 11 is 0. The molecule has 4 aromatic carbocycles. The summed E-state index contributed by atoms with van der Waals surface area (Å²) in [6.07, 6.45) is 0. The van der Waals surface area contributed by atoms with Gasteiger partial charge >= 0.3 is 0 Å². The summed E-state index contributed by atoms with van der Waals surface area (Å²) in [7, 11) is 0. The lowest BCUT2D eigenvalue weighted by atomic mass is 9.90. The molecule has 0 amide bonds. The van der Waals surface area contributed by atoms with Crippen LogP contribution in [0.5, 0.6) is 0 Å². The lowest BCUT2D eigenvalue weighted by Gasteiger charge is -2.13. The number of nitrogens with two attached hydrogens (primary N) is 1. The van der Waals surface area contributed by atoms with E-state index >= 15 is 0 Å². The van der Waals surface area contributed by atoms with Crippen LogP contribution in [0, 0.1) is 0 Å². The van der Waals surface area contributed by atoms with Gasteiger partial charge in [-0.1, -0.05) is 42.5 Å². The lowest BCUT2D eigenvalue weighted by Crippen LogP contribution is -1.96. The van der Waals surface area contributed by atoms with Crippen molar-refractivity contribution in [3.63, 3.8) is 0 Å². The number of hydrogen-bond acceptors (Lipinski definition) is 2. The summed E-state index contributed by atoms with van der Waals surface area (Å²) < 4.78 is 0. The van der Waals surface area contributed by atoms with E-state index in [9.17, 15) is 4.79 Å². The van der Waals surface area contributed by atoms with Crippen LogP contribution in [0.4, 0.5) is 5.69 Å². The van der Waals surface area contributed by atoms with Crippen LogP contribution >= 0.6 is 0 Å². The summed E-state index contributed by atoms with van der Waals surface area (Å²) in [4.78, 5) is 11.8. The minimum Gasteiger partial charge on any atom is -0.398 e. The number of nitrogen functional groups attached to an aromatic ring is 1. The van der Waals surface area contributed by atoms with Crippen molar-refractivity contribution in [3.05, 3.63) is 54.1 Å². The Balaban J connectivity index is 2.38. The normalized spacial score (nSPS) is 11.7. The largest absolute Gasteiger partial charge is 0.398 e. The molecule has 0 aliphatic heterocycles. The van der Waals surface area contributed by atoms with Crippen LogP contribution in [0.3, 0.4) is 0 Å². The maximum atomic E-state index is 11.8. The van der Waals surface area contributed by atoms with E-state index in [0.29, 0.717) is 0 Å². The standard InChI is InChI=1S/C18H13NO/c1-10(20)13-6-2-11-4-8-15-16(19)9-5-12-3-7-14(13)17(11)18(12)15/h2-9H,19H2,1H3.